The molecule has 1 fully saturated rings. The Balaban J connectivity index is 1.99. The van der Waals surface area contributed by atoms with Crippen LogP contribution in [-0.4, -0.2) is 39.7 Å². The van der Waals surface area contributed by atoms with Crippen LogP contribution in [0.4, 0.5) is 0 Å². The molecule has 0 atom stereocenters. The Bertz CT molecular complexity index is 413. The summed E-state index contributed by atoms with van der Waals surface area (Å²) >= 11 is 2.15. The van der Waals surface area contributed by atoms with Crippen molar-refractivity contribution in [3.8, 4) is 0 Å². The van der Waals surface area contributed by atoms with Crippen molar-refractivity contribution in [2.24, 2.45) is 0 Å². The van der Waals surface area contributed by atoms with Crippen molar-refractivity contribution in [2.45, 2.75) is 32.4 Å². The predicted molar refractivity (Wildman–Crippen MR) is 74.4 cm³/mol. The predicted octanol–water partition coefficient (Wildman–Crippen LogP) is 2.28. The summed E-state index contributed by atoms with van der Waals surface area (Å²) in [5, 5.41) is 9.09. The third-order valence-corrected chi connectivity index (χ3v) is 3.77. The second-order valence-corrected chi connectivity index (χ2v) is 5.65. The second-order valence-electron chi connectivity index (χ2n) is 4.40. The molecule has 0 aliphatic heterocycles. The minimum atomic E-state index is -0.845. The highest BCUT2D eigenvalue weighted by molar-refractivity contribution is 14.1. The molecule has 5 heteroatoms. The van der Waals surface area contributed by atoms with Gasteiger partial charge in [0.05, 0.1) is 0 Å². The van der Waals surface area contributed by atoms with Gasteiger partial charge >= 0.3 is 5.97 Å². The smallest absolute Gasteiger partial charge is 0.352 e. The van der Waals surface area contributed by atoms with Crippen molar-refractivity contribution < 1.29 is 9.90 Å². The summed E-state index contributed by atoms with van der Waals surface area (Å²) in [7, 11) is 0. The van der Waals surface area contributed by atoms with Crippen LogP contribution >= 0.6 is 22.6 Å². The number of carbonyl (C=O) groups is 1. The zero-order valence-electron chi connectivity index (χ0n) is 9.90. The molecule has 4 nitrogen and oxygen atoms in total. The van der Waals surface area contributed by atoms with Gasteiger partial charge in [-0.1, -0.05) is 6.92 Å². The number of rotatable bonds is 6. The lowest BCUT2D eigenvalue weighted by Crippen LogP contribution is -2.29. The molecule has 1 N–H and O–H groups in total. The molecule has 0 saturated heterocycles. The molecule has 1 heterocycles. The van der Waals surface area contributed by atoms with E-state index < -0.39 is 5.97 Å². The van der Waals surface area contributed by atoms with Crippen LogP contribution in [0.15, 0.2) is 12.3 Å². The van der Waals surface area contributed by atoms with E-state index in [1.165, 1.54) is 12.8 Å². The summed E-state index contributed by atoms with van der Waals surface area (Å²) in [6.45, 7) is 4.91. The summed E-state index contributed by atoms with van der Waals surface area (Å²) < 4.78 is 2.82. The maximum absolute atomic E-state index is 11.1. The zero-order valence-corrected chi connectivity index (χ0v) is 12.1. The highest BCUT2D eigenvalue weighted by atomic mass is 127. The van der Waals surface area contributed by atoms with Crippen molar-refractivity contribution in [1.82, 2.24) is 9.47 Å². The van der Waals surface area contributed by atoms with Gasteiger partial charge in [0.25, 0.3) is 0 Å². The molecule has 1 aliphatic carbocycles. The van der Waals surface area contributed by atoms with E-state index in [4.69, 9.17) is 5.11 Å². The fourth-order valence-corrected chi connectivity index (χ4v) is 2.74. The molecule has 0 bridgehead atoms. The topological polar surface area (TPSA) is 45.5 Å². The average molecular weight is 348 g/mol. The van der Waals surface area contributed by atoms with Crippen LogP contribution in [0.1, 0.15) is 30.3 Å². The molecule has 0 radical (unpaired) electrons. The van der Waals surface area contributed by atoms with Crippen LogP contribution in [0, 0.1) is 3.57 Å². The lowest BCUT2D eigenvalue weighted by atomic mass is 10.4. The molecule has 0 spiro atoms. The van der Waals surface area contributed by atoms with E-state index in [0.717, 1.165) is 29.2 Å². The van der Waals surface area contributed by atoms with E-state index in [-0.39, 0.29) is 0 Å². The monoisotopic (exact) mass is 348 g/mol. The van der Waals surface area contributed by atoms with Crippen molar-refractivity contribution in [3.63, 3.8) is 0 Å². The Hall–Kier alpha value is -0.560. The maximum atomic E-state index is 11.1. The first kappa shape index (κ1) is 12.9. The van der Waals surface area contributed by atoms with Gasteiger partial charge < -0.3 is 9.67 Å². The van der Waals surface area contributed by atoms with Gasteiger partial charge in [-0.15, -0.1) is 0 Å². The molecule has 1 aromatic rings. The standard InChI is InChI=1S/C12H17IN2O2/c1-2-14(10-3-4-10)5-6-15-8-9(13)7-11(15)12(16)17/h7-8,10H,2-6H2,1H3,(H,16,17). The summed E-state index contributed by atoms with van der Waals surface area (Å²) in [6.07, 6.45) is 4.50. The second kappa shape index (κ2) is 5.39. The van der Waals surface area contributed by atoms with Gasteiger partial charge in [-0.25, -0.2) is 4.79 Å². The van der Waals surface area contributed by atoms with E-state index in [1.54, 1.807) is 6.07 Å². The Kier molecular flexibility index (Phi) is 4.09. The maximum Gasteiger partial charge on any atom is 0.352 e. The Morgan fingerprint density at radius 3 is 2.88 bits per heavy atom. The van der Waals surface area contributed by atoms with Crippen LogP contribution in [0.2, 0.25) is 0 Å². The molecule has 1 saturated carbocycles. The number of halogens is 1. The number of hydrogen-bond acceptors (Lipinski definition) is 2. The quantitative estimate of drug-likeness (QED) is 0.803. The molecule has 0 aromatic carbocycles. The molecule has 0 unspecified atom stereocenters. The van der Waals surface area contributed by atoms with E-state index in [0.29, 0.717) is 5.69 Å². The lowest BCUT2D eigenvalue weighted by Gasteiger charge is -2.20. The highest BCUT2D eigenvalue weighted by Gasteiger charge is 2.27. The highest BCUT2D eigenvalue weighted by Crippen LogP contribution is 2.26. The molecular weight excluding hydrogens is 331 g/mol. The van der Waals surface area contributed by atoms with Crippen molar-refractivity contribution in [2.75, 3.05) is 13.1 Å². The average Bonchev–Trinajstić information content (AvgIpc) is 3.03. The zero-order chi connectivity index (χ0) is 12.4. The molecule has 2 rings (SSSR count). The number of aromatic carboxylic acids is 1. The molecular formula is C12H17IN2O2. The van der Waals surface area contributed by atoms with E-state index in [2.05, 4.69) is 34.4 Å². The first-order chi connectivity index (χ1) is 8.11. The number of carboxylic acid groups (broad SMARTS) is 1. The van der Waals surface area contributed by atoms with E-state index >= 15 is 0 Å². The lowest BCUT2D eigenvalue weighted by molar-refractivity contribution is 0.0684. The Morgan fingerprint density at radius 1 is 1.65 bits per heavy atom. The third kappa shape index (κ3) is 3.22. The molecule has 1 aliphatic rings. The minimum Gasteiger partial charge on any atom is -0.477 e. The fourth-order valence-electron chi connectivity index (χ4n) is 2.11. The van der Waals surface area contributed by atoms with Crippen LogP contribution in [0.25, 0.3) is 0 Å². The fraction of sp³-hybridized carbons (Fsp3) is 0.583. The summed E-state index contributed by atoms with van der Waals surface area (Å²) in [4.78, 5) is 13.5. The number of carboxylic acids is 1. The number of nitrogens with zero attached hydrogens (tertiary/aromatic N) is 2. The number of aromatic nitrogens is 1. The molecule has 17 heavy (non-hydrogen) atoms. The van der Waals surface area contributed by atoms with Gasteiger partial charge in [0.2, 0.25) is 0 Å². The van der Waals surface area contributed by atoms with Crippen LogP contribution in [0.5, 0.6) is 0 Å². The molecule has 1 aromatic heterocycles. The number of hydrogen-bond donors (Lipinski definition) is 1. The van der Waals surface area contributed by atoms with Crippen molar-refractivity contribution in [1.29, 1.82) is 0 Å². The van der Waals surface area contributed by atoms with Gasteiger partial charge in [0, 0.05) is 28.9 Å². The number of likely N-dealkylation sites (N-methyl/N-ethyl adjacent to an activating group) is 1. The molecule has 0 amide bonds. The molecule has 94 valence electrons. The van der Waals surface area contributed by atoms with Gasteiger partial charge in [0.15, 0.2) is 0 Å². The third-order valence-electron chi connectivity index (χ3n) is 3.18. The van der Waals surface area contributed by atoms with E-state index in [9.17, 15) is 4.79 Å². The van der Waals surface area contributed by atoms with Gasteiger partial charge in [0.1, 0.15) is 5.69 Å². The van der Waals surface area contributed by atoms with Gasteiger partial charge in [-0.05, 0) is 48.0 Å². The van der Waals surface area contributed by atoms with Crippen molar-refractivity contribution >= 4 is 28.6 Å². The first-order valence-corrected chi connectivity index (χ1v) is 7.02. The Morgan fingerprint density at radius 2 is 2.35 bits per heavy atom. The summed E-state index contributed by atoms with van der Waals surface area (Å²) in [5.74, 6) is -0.845. The Labute approximate surface area is 115 Å². The normalized spacial score (nSPS) is 15.5. The summed E-state index contributed by atoms with van der Waals surface area (Å²) in [6, 6.07) is 2.46. The van der Waals surface area contributed by atoms with E-state index in [1.807, 2.05) is 10.8 Å². The largest absolute Gasteiger partial charge is 0.477 e. The van der Waals surface area contributed by atoms with Crippen LogP contribution in [0.3, 0.4) is 0 Å². The SMILES string of the molecule is CCN(CCn1cc(I)cc1C(=O)O)C1CC1. The van der Waals surface area contributed by atoms with Crippen LogP contribution < -0.4 is 0 Å². The van der Waals surface area contributed by atoms with Gasteiger partial charge in [-0.2, -0.15) is 0 Å². The minimum absolute atomic E-state index is 0.390. The summed E-state index contributed by atoms with van der Waals surface area (Å²) in [5.41, 5.74) is 0.390. The first-order valence-electron chi connectivity index (χ1n) is 5.95. The van der Waals surface area contributed by atoms with Gasteiger partial charge in [-0.3, -0.25) is 4.90 Å². The van der Waals surface area contributed by atoms with Crippen molar-refractivity contribution in [3.05, 3.63) is 21.5 Å². The van der Waals surface area contributed by atoms with Crippen LogP contribution in [-0.2, 0) is 6.54 Å².